The van der Waals surface area contributed by atoms with Gasteiger partial charge in [-0.2, -0.15) is 13.2 Å². The van der Waals surface area contributed by atoms with E-state index in [1.54, 1.807) is 25.1 Å². The van der Waals surface area contributed by atoms with E-state index in [1.165, 1.54) is 12.4 Å². The molecule has 1 atom stereocenters. The lowest BCUT2D eigenvalue weighted by Gasteiger charge is -2.54. The quantitative estimate of drug-likeness (QED) is 0.903. The summed E-state index contributed by atoms with van der Waals surface area (Å²) < 4.78 is 39.0. The summed E-state index contributed by atoms with van der Waals surface area (Å²) in [5.41, 5.74) is -2.37. The van der Waals surface area contributed by atoms with Crippen LogP contribution in [-0.2, 0) is 11.6 Å². The summed E-state index contributed by atoms with van der Waals surface area (Å²) >= 11 is 0. The molecule has 128 valence electrons. The summed E-state index contributed by atoms with van der Waals surface area (Å²) in [6.07, 6.45) is -1.83. The summed E-state index contributed by atoms with van der Waals surface area (Å²) in [7, 11) is 0. The molecule has 7 heteroatoms. The van der Waals surface area contributed by atoms with Crippen molar-refractivity contribution in [2.75, 3.05) is 0 Å². The Labute approximate surface area is 137 Å². The molecule has 2 heterocycles. The molecule has 0 aliphatic heterocycles. The van der Waals surface area contributed by atoms with Crippen LogP contribution in [0.15, 0.2) is 42.9 Å². The first-order valence-electron chi connectivity index (χ1n) is 7.48. The normalized spacial score (nSPS) is 28.2. The highest BCUT2D eigenvalue weighted by atomic mass is 19.4. The zero-order valence-corrected chi connectivity index (χ0v) is 13.0. The first-order valence-corrected chi connectivity index (χ1v) is 7.48. The Morgan fingerprint density at radius 1 is 1.21 bits per heavy atom. The van der Waals surface area contributed by atoms with Crippen LogP contribution >= 0.6 is 0 Å². The molecule has 0 bridgehead atoms. The number of hydrogen-bond acceptors (Lipinski definition) is 4. The van der Waals surface area contributed by atoms with Gasteiger partial charge in [-0.15, -0.1) is 0 Å². The molecule has 2 aromatic rings. The molecule has 1 saturated carbocycles. The van der Waals surface area contributed by atoms with Crippen LogP contribution in [0, 0.1) is 0 Å². The molecule has 1 aliphatic carbocycles. The largest absolute Gasteiger partial charge is 0.417 e. The third kappa shape index (κ3) is 2.89. The van der Waals surface area contributed by atoms with Crippen LogP contribution in [-0.4, -0.2) is 25.8 Å². The molecule has 0 radical (unpaired) electrons. The van der Waals surface area contributed by atoms with Crippen LogP contribution in [0.4, 0.5) is 13.2 Å². The third-order valence-corrected chi connectivity index (χ3v) is 4.52. The van der Waals surface area contributed by atoms with Gasteiger partial charge in [0.05, 0.1) is 16.9 Å². The van der Waals surface area contributed by atoms with Crippen molar-refractivity contribution < 1.29 is 23.4 Å². The number of halogens is 3. The fraction of sp³-hybridized carbons (Fsp3) is 0.412. The van der Waals surface area contributed by atoms with E-state index in [0.717, 1.165) is 12.3 Å². The van der Waals surface area contributed by atoms with Crippen LogP contribution in [0.5, 0.6) is 0 Å². The second-order valence-electron chi connectivity index (χ2n) is 6.62. The maximum Gasteiger partial charge on any atom is 0.417 e. The SMILES string of the molecule is CC1(O)CC(c2cncc(C(F)(F)F)c2)(C(O)c2ccccn2)C1. The predicted molar refractivity (Wildman–Crippen MR) is 80.0 cm³/mol. The molecule has 3 rings (SSSR count). The molecular weight excluding hydrogens is 321 g/mol. The maximum absolute atomic E-state index is 13.0. The number of hydrogen-bond donors (Lipinski definition) is 2. The number of aliphatic hydroxyl groups excluding tert-OH is 1. The fourth-order valence-electron chi connectivity index (χ4n) is 3.55. The second kappa shape index (κ2) is 5.53. The van der Waals surface area contributed by atoms with Gasteiger partial charge in [-0.25, -0.2) is 0 Å². The van der Waals surface area contributed by atoms with Crippen molar-refractivity contribution in [3.63, 3.8) is 0 Å². The minimum atomic E-state index is -4.52. The highest BCUT2D eigenvalue weighted by Gasteiger charge is 2.57. The molecule has 2 N–H and O–H groups in total. The minimum absolute atomic E-state index is 0.126. The average Bonchev–Trinajstić information content (AvgIpc) is 2.51. The Kier molecular flexibility index (Phi) is 3.88. The van der Waals surface area contributed by atoms with Crippen molar-refractivity contribution in [3.05, 3.63) is 59.7 Å². The third-order valence-electron chi connectivity index (χ3n) is 4.52. The Bertz CT molecular complexity index is 724. The Morgan fingerprint density at radius 2 is 1.92 bits per heavy atom. The topological polar surface area (TPSA) is 66.2 Å². The van der Waals surface area contributed by atoms with Gasteiger partial charge in [0.25, 0.3) is 0 Å². The molecule has 0 spiro atoms. The van der Waals surface area contributed by atoms with E-state index in [2.05, 4.69) is 9.97 Å². The highest BCUT2D eigenvalue weighted by molar-refractivity contribution is 5.36. The second-order valence-corrected chi connectivity index (χ2v) is 6.62. The van der Waals surface area contributed by atoms with E-state index in [0.29, 0.717) is 5.69 Å². The number of pyridine rings is 2. The summed E-state index contributed by atoms with van der Waals surface area (Å²) in [4.78, 5) is 7.79. The van der Waals surface area contributed by atoms with E-state index < -0.39 is 28.9 Å². The molecule has 4 nitrogen and oxygen atoms in total. The zero-order valence-electron chi connectivity index (χ0n) is 13.0. The summed E-state index contributed by atoms with van der Waals surface area (Å²) in [6.45, 7) is 1.59. The molecule has 1 aliphatic rings. The molecule has 2 aromatic heterocycles. The zero-order chi connectivity index (χ0) is 17.6. The molecule has 0 amide bonds. The van der Waals surface area contributed by atoms with Gasteiger partial charge < -0.3 is 10.2 Å². The van der Waals surface area contributed by atoms with E-state index in [4.69, 9.17) is 0 Å². The lowest BCUT2D eigenvalue weighted by atomic mass is 9.53. The molecule has 24 heavy (non-hydrogen) atoms. The van der Waals surface area contributed by atoms with Crippen molar-refractivity contribution in [2.24, 2.45) is 0 Å². The van der Waals surface area contributed by atoms with Crippen LogP contribution in [0.25, 0.3) is 0 Å². The monoisotopic (exact) mass is 338 g/mol. The van der Waals surface area contributed by atoms with Crippen molar-refractivity contribution in [1.29, 1.82) is 0 Å². The number of nitrogens with zero attached hydrogens (tertiary/aromatic N) is 2. The van der Waals surface area contributed by atoms with E-state index >= 15 is 0 Å². The van der Waals surface area contributed by atoms with Gasteiger partial charge in [0.2, 0.25) is 0 Å². The van der Waals surface area contributed by atoms with Gasteiger partial charge in [-0.3, -0.25) is 9.97 Å². The van der Waals surface area contributed by atoms with Gasteiger partial charge in [-0.1, -0.05) is 6.07 Å². The van der Waals surface area contributed by atoms with E-state index in [-0.39, 0.29) is 18.4 Å². The van der Waals surface area contributed by atoms with Crippen molar-refractivity contribution in [1.82, 2.24) is 9.97 Å². The highest BCUT2D eigenvalue weighted by Crippen LogP contribution is 2.56. The smallest absolute Gasteiger partial charge is 0.390 e. The Balaban J connectivity index is 2.05. The average molecular weight is 338 g/mol. The van der Waals surface area contributed by atoms with E-state index in [1.807, 2.05) is 0 Å². The number of aliphatic hydroxyl groups is 2. The van der Waals surface area contributed by atoms with Gasteiger partial charge >= 0.3 is 6.18 Å². The summed E-state index contributed by atoms with van der Waals surface area (Å²) in [6, 6.07) is 5.99. The molecular formula is C17H17F3N2O2. The lowest BCUT2D eigenvalue weighted by molar-refractivity contribution is -0.138. The molecule has 0 aromatic carbocycles. The minimum Gasteiger partial charge on any atom is -0.390 e. The standard InChI is InChI=1S/C17H17F3N2O2/c1-15(24)9-16(10-15,14(23)13-4-2-3-5-22-13)11-6-12(8-21-7-11)17(18,19)20/h2-8,14,23-24H,9-10H2,1H3. The Morgan fingerprint density at radius 3 is 2.46 bits per heavy atom. The van der Waals surface area contributed by atoms with Gasteiger partial charge in [0.15, 0.2) is 0 Å². The van der Waals surface area contributed by atoms with Crippen LogP contribution in [0.3, 0.4) is 0 Å². The van der Waals surface area contributed by atoms with Gasteiger partial charge in [0.1, 0.15) is 6.10 Å². The van der Waals surface area contributed by atoms with Gasteiger partial charge in [-0.05, 0) is 43.5 Å². The molecule has 0 saturated heterocycles. The lowest BCUT2D eigenvalue weighted by Crippen LogP contribution is -2.56. The first-order chi connectivity index (χ1) is 11.1. The fourth-order valence-corrected chi connectivity index (χ4v) is 3.55. The van der Waals surface area contributed by atoms with Crippen molar-refractivity contribution in [2.45, 2.75) is 43.1 Å². The van der Waals surface area contributed by atoms with Crippen LogP contribution < -0.4 is 0 Å². The first kappa shape index (κ1) is 16.9. The summed E-state index contributed by atoms with van der Waals surface area (Å²) in [5.74, 6) is 0. The number of alkyl halides is 3. The Hall–Kier alpha value is -1.99. The van der Waals surface area contributed by atoms with E-state index in [9.17, 15) is 23.4 Å². The molecule has 1 fully saturated rings. The van der Waals surface area contributed by atoms with Crippen molar-refractivity contribution >= 4 is 0 Å². The molecule has 1 unspecified atom stereocenters. The predicted octanol–water partition coefficient (Wildman–Crippen LogP) is 3.01. The number of aromatic nitrogens is 2. The van der Waals surface area contributed by atoms with Gasteiger partial charge in [0, 0.05) is 24.0 Å². The maximum atomic E-state index is 13.0. The summed E-state index contributed by atoms with van der Waals surface area (Å²) in [5, 5.41) is 20.9. The van der Waals surface area contributed by atoms with Crippen LogP contribution in [0.1, 0.15) is 42.7 Å². The number of rotatable bonds is 3. The van der Waals surface area contributed by atoms with Crippen molar-refractivity contribution in [3.8, 4) is 0 Å². The van der Waals surface area contributed by atoms with Crippen LogP contribution in [0.2, 0.25) is 0 Å².